The first-order chi connectivity index (χ1) is 14.8. The molecule has 2 amide bonds. The summed E-state index contributed by atoms with van der Waals surface area (Å²) < 4.78 is 27.4. The molecule has 3 aromatic rings. The molecular weight excluding hydrogens is 444 g/mol. The van der Waals surface area contributed by atoms with E-state index in [0.717, 1.165) is 0 Å². The minimum absolute atomic E-state index is 0.0398. The lowest BCUT2D eigenvalue weighted by molar-refractivity contribution is -0.0584. The number of hydroxylamine groups is 2. The van der Waals surface area contributed by atoms with E-state index < -0.39 is 27.8 Å². The van der Waals surface area contributed by atoms with Gasteiger partial charge in [-0.1, -0.05) is 28.8 Å². The third-order valence-corrected chi connectivity index (χ3v) is 6.08. The topological polar surface area (TPSA) is 110 Å². The number of carbonyl (C=O) groups is 3. The molecule has 0 unspecified atom stereocenters. The van der Waals surface area contributed by atoms with E-state index in [9.17, 15) is 22.8 Å². The van der Waals surface area contributed by atoms with Crippen molar-refractivity contribution in [3.05, 3.63) is 94.5 Å². The molecule has 0 atom stereocenters. The van der Waals surface area contributed by atoms with Crippen molar-refractivity contribution in [3.8, 4) is 0 Å². The smallest absolute Gasteiger partial charge is 0.324 e. The Labute approximate surface area is 182 Å². The van der Waals surface area contributed by atoms with Crippen LogP contribution in [0.5, 0.6) is 0 Å². The standard InChI is InChI=1S/C21H13ClN2O6S/c22-14-7-9-15(10-8-14)23-31(28,29)16-11-5-13(6-12-16)21(27)30-24-19(25)17-3-1-2-4-18(17)20(24)26/h1-12,23H. The molecule has 0 bridgehead atoms. The maximum Gasteiger partial charge on any atom is 0.363 e. The highest BCUT2D eigenvalue weighted by Crippen LogP contribution is 2.24. The summed E-state index contributed by atoms with van der Waals surface area (Å²) in [6, 6.07) is 17.0. The molecule has 156 valence electrons. The van der Waals surface area contributed by atoms with Crippen LogP contribution in [-0.4, -0.2) is 31.3 Å². The second kappa shape index (κ2) is 7.86. The van der Waals surface area contributed by atoms with Crippen molar-refractivity contribution in [1.82, 2.24) is 5.06 Å². The minimum atomic E-state index is -3.91. The van der Waals surface area contributed by atoms with Gasteiger partial charge in [0, 0.05) is 10.7 Å². The number of nitrogens with one attached hydrogen (secondary N) is 1. The van der Waals surface area contributed by atoms with Crippen molar-refractivity contribution in [2.24, 2.45) is 0 Å². The van der Waals surface area contributed by atoms with Gasteiger partial charge in [-0.25, -0.2) is 13.2 Å². The van der Waals surface area contributed by atoms with Crippen molar-refractivity contribution < 1.29 is 27.6 Å². The number of hydrogen-bond acceptors (Lipinski definition) is 6. The Hall–Kier alpha value is -3.69. The molecule has 0 saturated carbocycles. The predicted octanol–water partition coefficient (Wildman–Crippen LogP) is 3.51. The molecule has 8 nitrogen and oxygen atoms in total. The first-order valence-electron chi connectivity index (χ1n) is 8.85. The number of benzene rings is 3. The van der Waals surface area contributed by atoms with Crippen LogP contribution in [0.15, 0.2) is 77.7 Å². The summed E-state index contributed by atoms with van der Waals surface area (Å²) in [6.07, 6.45) is 0. The number of hydrogen-bond donors (Lipinski definition) is 1. The Bertz CT molecular complexity index is 1270. The molecule has 0 aliphatic carbocycles. The fourth-order valence-corrected chi connectivity index (χ4v) is 4.07. The first-order valence-corrected chi connectivity index (χ1v) is 10.7. The van der Waals surface area contributed by atoms with Gasteiger partial charge in [0.2, 0.25) is 0 Å². The highest BCUT2D eigenvalue weighted by molar-refractivity contribution is 7.92. The van der Waals surface area contributed by atoms with Crippen molar-refractivity contribution in [1.29, 1.82) is 0 Å². The molecule has 0 fully saturated rings. The molecule has 10 heteroatoms. The van der Waals surface area contributed by atoms with E-state index in [1.807, 2.05) is 0 Å². The van der Waals surface area contributed by atoms with Gasteiger partial charge in [0.1, 0.15) is 0 Å². The Morgan fingerprint density at radius 2 is 1.39 bits per heavy atom. The van der Waals surface area contributed by atoms with Crippen LogP contribution >= 0.6 is 11.6 Å². The lowest BCUT2D eigenvalue weighted by Crippen LogP contribution is -2.32. The molecule has 1 heterocycles. The Balaban J connectivity index is 1.48. The highest BCUT2D eigenvalue weighted by atomic mass is 35.5. The molecule has 1 N–H and O–H groups in total. The number of amides is 2. The van der Waals surface area contributed by atoms with Gasteiger partial charge in [0.15, 0.2) is 0 Å². The summed E-state index contributed by atoms with van der Waals surface area (Å²) in [4.78, 5) is 41.8. The van der Waals surface area contributed by atoms with Gasteiger partial charge < -0.3 is 4.84 Å². The number of anilines is 1. The van der Waals surface area contributed by atoms with Crippen LogP contribution in [-0.2, 0) is 14.9 Å². The van der Waals surface area contributed by atoms with Crippen LogP contribution in [0.4, 0.5) is 5.69 Å². The largest absolute Gasteiger partial charge is 0.363 e. The van der Waals surface area contributed by atoms with Crippen LogP contribution in [0.1, 0.15) is 31.1 Å². The van der Waals surface area contributed by atoms with E-state index in [1.165, 1.54) is 60.7 Å². The van der Waals surface area contributed by atoms with Crippen LogP contribution in [0.25, 0.3) is 0 Å². The molecule has 0 spiro atoms. The molecule has 3 aromatic carbocycles. The third kappa shape index (κ3) is 4.00. The summed E-state index contributed by atoms with van der Waals surface area (Å²) in [5.41, 5.74) is 0.547. The normalized spacial score (nSPS) is 13.1. The van der Waals surface area contributed by atoms with Crippen molar-refractivity contribution >= 4 is 45.1 Å². The Kier molecular flexibility index (Phi) is 5.22. The highest BCUT2D eigenvalue weighted by Gasteiger charge is 2.38. The van der Waals surface area contributed by atoms with E-state index in [1.54, 1.807) is 12.1 Å². The average molecular weight is 457 g/mol. The van der Waals surface area contributed by atoms with Crippen LogP contribution in [0.3, 0.4) is 0 Å². The van der Waals surface area contributed by atoms with Gasteiger partial charge in [-0.05, 0) is 60.7 Å². The average Bonchev–Trinajstić information content (AvgIpc) is 3.00. The zero-order valence-corrected chi connectivity index (χ0v) is 17.2. The predicted molar refractivity (Wildman–Crippen MR) is 111 cm³/mol. The molecule has 4 rings (SSSR count). The van der Waals surface area contributed by atoms with Gasteiger partial charge in [-0.2, -0.15) is 0 Å². The molecule has 0 aromatic heterocycles. The number of imide groups is 1. The number of fused-ring (bicyclic) bond motifs is 1. The first kappa shape index (κ1) is 20.6. The quantitative estimate of drug-likeness (QED) is 0.588. The molecule has 0 saturated heterocycles. The van der Waals surface area contributed by atoms with Crippen molar-refractivity contribution in [2.75, 3.05) is 4.72 Å². The van der Waals surface area contributed by atoms with E-state index >= 15 is 0 Å². The summed E-state index contributed by atoms with van der Waals surface area (Å²) in [5.74, 6) is -2.48. The lowest BCUT2D eigenvalue weighted by atomic mass is 10.1. The zero-order chi connectivity index (χ0) is 22.2. The SMILES string of the molecule is O=C(ON1C(=O)c2ccccc2C1=O)c1ccc(S(=O)(=O)Nc2ccc(Cl)cc2)cc1. The summed E-state index contributed by atoms with van der Waals surface area (Å²) in [7, 11) is -3.91. The van der Waals surface area contributed by atoms with Crippen LogP contribution in [0.2, 0.25) is 5.02 Å². The Morgan fingerprint density at radius 1 is 0.839 bits per heavy atom. The maximum absolute atomic E-state index is 12.5. The van der Waals surface area contributed by atoms with E-state index in [0.29, 0.717) is 15.8 Å². The minimum Gasteiger partial charge on any atom is -0.324 e. The fraction of sp³-hybridized carbons (Fsp3) is 0. The molecule has 31 heavy (non-hydrogen) atoms. The van der Waals surface area contributed by atoms with Gasteiger partial charge in [0.05, 0.1) is 21.6 Å². The lowest BCUT2D eigenvalue weighted by Gasteiger charge is -2.13. The third-order valence-electron chi connectivity index (χ3n) is 4.43. The van der Waals surface area contributed by atoms with Gasteiger partial charge in [0.25, 0.3) is 21.8 Å². The molecule has 0 radical (unpaired) electrons. The van der Waals surface area contributed by atoms with Crippen molar-refractivity contribution in [2.45, 2.75) is 4.90 Å². The van der Waals surface area contributed by atoms with Crippen LogP contribution in [0, 0.1) is 0 Å². The van der Waals surface area contributed by atoms with Gasteiger partial charge >= 0.3 is 5.97 Å². The summed E-state index contributed by atoms with van der Waals surface area (Å²) in [6.45, 7) is 0. The second-order valence-electron chi connectivity index (χ2n) is 6.47. The molecule has 1 aliphatic heterocycles. The molecular formula is C21H13ClN2O6S. The maximum atomic E-state index is 12.5. The number of rotatable bonds is 5. The van der Waals surface area contributed by atoms with Crippen LogP contribution < -0.4 is 4.72 Å². The van der Waals surface area contributed by atoms with Gasteiger partial charge in [-0.15, -0.1) is 0 Å². The Morgan fingerprint density at radius 3 is 1.94 bits per heavy atom. The van der Waals surface area contributed by atoms with E-state index in [2.05, 4.69) is 4.72 Å². The number of carbonyl (C=O) groups excluding carboxylic acids is 3. The molecule has 1 aliphatic rings. The van der Waals surface area contributed by atoms with Gasteiger partial charge in [-0.3, -0.25) is 14.3 Å². The van der Waals surface area contributed by atoms with E-state index in [4.69, 9.17) is 16.4 Å². The summed E-state index contributed by atoms with van der Waals surface area (Å²) >= 11 is 5.79. The number of nitrogens with zero attached hydrogens (tertiary/aromatic N) is 1. The number of halogens is 1. The fourth-order valence-electron chi connectivity index (χ4n) is 2.89. The monoisotopic (exact) mass is 456 g/mol. The number of sulfonamides is 1. The second-order valence-corrected chi connectivity index (χ2v) is 8.58. The zero-order valence-electron chi connectivity index (χ0n) is 15.6. The van der Waals surface area contributed by atoms with E-state index in [-0.39, 0.29) is 21.6 Å². The summed E-state index contributed by atoms with van der Waals surface area (Å²) in [5, 5.41) is 0.851. The van der Waals surface area contributed by atoms with Crippen molar-refractivity contribution in [3.63, 3.8) is 0 Å².